The SMILES string of the molecule is Cc1cc(Cl)ccc1C(NC(=O)C(F)(F)F)C(=O)O. The van der Waals surface area contributed by atoms with E-state index in [9.17, 15) is 22.8 Å². The molecule has 1 unspecified atom stereocenters. The van der Waals surface area contributed by atoms with Crippen molar-refractivity contribution in [2.45, 2.75) is 19.1 Å². The van der Waals surface area contributed by atoms with Gasteiger partial charge < -0.3 is 10.4 Å². The Balaban J connectivity index is 3.09. The molecule has 0 aliphatic rings. The van der Waals surface area contributed by atoms with Gasteiger partial charge in [-0.3, -0.25) is 4.79 Å². The van der Waals surface area contributed by atoms with E-state index in [1.54, 1.807) is 0 Å². The average Bonchev–Trinajstić information content (AvgIpc) is 2.24. The molecule has 0 fully saturated rings. The van der Waals surface area contributed by atoms with E-state index in [1.807, 2.05) is 0 Å². The van der Waals surface area contributed by atoms with Crippen LogP contribution < -0.4 is 5.32 Å². The third-order valence-corrected chi connectivity index (χ3v) is 2.56. The van der Waals surface area contributed by atoms with Crippen molar-refractivity contribution in [1.29, 1.82) is 0 Å². The summed E-state index contributed by atoms with van der Waals surface area (Å²) >= 11 is 5.66. The Labute approximate surface area is 111 Å². The van der Waals surface area contributed by atoms with Crippen LogP contribution in [0.2, 0.25) is 5.02 Å². The van der Waals surface area contributed by atoms with Crippen LogP contribution in [0.15, 0.2) is 18.2 Å². The summed E-state index contributed by atoms with van der Waals surface area (Å²) in [5.41, 5.74) is 0.400. The number of halogens is 4. The molecular formula is C11H9ClF3NO3. The number of carboxylic acids is 1. The number of benzene rings is 1. The van der Waals surface area contributed by atoms with Crippen molar-refractivity contribution >= 4 is 23.5 Å². The zero-order chi connectivity index (χ0) is 14.8. The Kier molecular flexibility index (Phi) is 4.41. The van der Waals surface area contributed by atoms with E-state index >= 15 is 0 Å². The fourth-order valence-corrected chi connectivity index (χ4v) is 1.68. The third-order valence-electron chi connectivity index (χ3n) is 2.32. The minimum absolute atomic E-state index is 0.0366. The number of carbonyl (C=O) groups is 2. The lowest BCUT2D eigenvalue weighted by atomic mass is 10.0. The van der Waals surface area contributed by atoms with Crippen LogP contribution in [0, 0.1) is 6.92 Å². The van der Waals surface area contributed by atoms with Crippen LogP contribution in [-0.2, 0) is 9.59 Å². The van der Waals surface area contributed by atoms with E-state index in [1.165, 1.54) is 30.4 Å². The van der Waals surface area contributed by atoms with Gasteiger partial charge in [-0.15, -0.1) is 0 Å². The number of amides is 1. The average molecular weight is 296 g/mol. The smallest absolute Gasteiger partial charge is 0.471 e. The molecule has 0 spiro atoms. The second-order valence-electron chi connectivity index (χ2n) is 3.74. The maximum absolute atomic E-state index is 12.1. The van der Waals surface area contributed by atoms with Crippen molar-refractivity contribution in [2.24, 2.45) is 0 Å². The molecule has 8 heteroatoms. The Morgan fingerprint density at radius 1 is 1.37 bits per heavy atom. The first-order chi connectivity index (χ1) is 8.62. The first kappa shape index (κ1) is 15.3. The number of alkyl halides is 3. The molecule has 0 saturated heterocycles. The summed E-state index contributed by atoms with van der Waals surface area (Å²) in [4.78, 5) is 21.8. The van der Waals surface area contributed by atoms with Gasteiger partial charge in [-0.25, -0.2) is 4.79 Å². The summed E-state index contributed by atoms with van der Waals surface area (Å²) in [6, 6.07) is 2.20. The number of hydrogen-bond acceptors (Lipinski definition) is 2. The van der Waals surface area contributed by atoms with E-state index in [4.69, 9.17) is 16.7 Å². The van der Waals surface area contributed by atoms with E-state index in [0.29, 0.717) is 10.6 Å². The van der Waals surface area contributed by atoms with Gasteiger partial charge in [-0.2, -0.15) is 13.2 Å². The molecule has 0 bridgehead atoms. The quantitative estimate of drug-likeness (QED) is 0.900. The first-order valence-corrected chi connectivity index (χ1v) is 5.37. The van der Waals surface area contributed by atoms with Crippen LogP contribution in [0.5, 0.6) is 0 Å². The molecule has 1 atom stereocenters. The van der Waals surface area contributed by atoms with Gasteiger partial charge in [-0.1, -0.05) is 17.7 Å². The van der Waals surface area contributed by atoms with Crippen LogP contribution in [0.1, 0.15) is 17.2 Å². The predicted octanol–water partition coefficient (Wildman–Crippen LogP) is 2.45. The second-order valence-corrected chi connectivity index (χ2v) is 4.18. The van der Waals surface area contributed by atoms with Crippen molar-refractivity contribution in [3.63, 3.8) is 0 Å². The lowest BCUT2D eigenvalue weighted by Crippen LogP contribution is -2.42. The van der Waals surface area contributed by atoms with Crippen LogP contribution in [0.25, 0.3) is 0 Å². The minimum atomic E-state index is -5.14. The molecule has 4 nitrogen and oxygen atoms in total. The van der Waals surface area contributed by atoms with Gasteiger partial charge in [0.1, 0.15) is 0 Å². The lowest BCUT2D eigenvalue weighted by Gasteiger charge is -2.18. The summed E-state index contributed by atoms with van der Waals surface area (Å²) in [6.07, 6.45) is -5.14. The molecule has 0 aromatic heterocycles. The lowest BCUT2D eigenvalue weighted by molar-refractivity contribution is -0.175. The van der Waals surface area contributed by atoms with Crippen molar-refractivity contribution in [2.75, 3.05) is 0 Å². The maximum atomic E-state index is 12.1. The van der Waals surface area contributed by atoms with E-state index in [-0.39, 0.29) is 5.56 Å². The Bertz CT molecular complexity index is 516. The fourth-order valence-electron chi connectivity index (χ4n) is 1.45. The van der Waals surface area contributed by atoms with E-state index in [2.05, 4.69) is 0 Å². The number of carbonyl (C=O) groups excluding carboxylic acids is 1. The number of rotatable bonds is 3. The Hall–Kier alpha value is -1.76. The molecule has 1 amide bonds. The van der Waals surface area contributed by atoms with Crippen LogP contribution in [0.4, 0.5) is 13.2 Å². The van der Waals surface area contributed by atoms with Gasteiger partial charge in [0.15, 0.2) is 6.04 Å². The molecule has 0 heterocycles. The number of hydrogen-bond donors (Lipinski definition) is 2. The fraction of sp³-hybridized carbons (Fsp3) is 0.273. The number of aryl methyl sites for hydroxylation is 1. The van der Waals surface area contributed by atoms with Gasteiger partial charge in [-0.05, 0) is 30.2 Å². The molecule has 1 rings (SSSR count). The molecule has 1 aromatic carbocycles. The molecule has 19 heavy (non-hydrogen) atoms. The van der Waals surface area contributed by atoms with E-state index in [0.717, 1.165) is 0 Å². The highest BCUT2D eigenvalue weighted by molar-refractivity contribution is 6.30. The zero-order valence-corrected chi connectivity index (χ0v) is 10.3. The zero-order valence-electron chi connectivity index (χ0n) is 9.58. The normalized spacial score (nSPS) is 12.9. The van der Waals surface area contributed by atoms with Gasteiger partial charge in [0.2, 0.25) is 0 Å². The van der Waals surface area contributed by atoms with Gasteiger partial charge in [0.25, 0.3) is 0 Å². The number of aliphatic carboxylic acids is 1. The standard InChI is InChI=1S/C11H9ClF3NO3/c1-5-4-6(12)2-3-7(5)8(9(17)18)16-10(19)11(13,14)15/h2-4,8H,1H3,(H,16,19)(H,17,18). The third kappa shape index (κ3) is 3.85. The van der Waals surface area contributed by atoms with Gasteiger partial charge >= 0.3 is 18.1 Å². The number of nitrogens with one attached hydrogen (secondary N) is 1. The summed E-state index contributed by atoms with van der Waals surface area (Å²) in [5, 5.41) is 10.7. The van der Waals surface area contributed by atoms with Crippen LogP contribution >= 0.6 is 11.6 Å². The van der Waals surface area contributed by atoms with Crippen molar-refractivity contribution in [3.8, 4) is 0 Å². The van der Waals surface area contributed by atoms with Gasteiger partial charge in [0, 0.05) is 5.02 Å². The molecule has 0 aliphatic heterocycles. The topological polar surface area (TPSA) is 66.4 Å². The highest BCUT2D eigenvalue weighted by Crippen LogP contribution is 2.23. The number of carboxylic acid groups (broad SMARTS) is 1. The van der Waals surface area contributed by atoms with Crippen molar-refractivity contribution < 1.29 is 27.9 Å². The molecule has 1 aromatic rings. The molecule has 104 valence electrons. The van der Waals surface area contributed by atoms with Gasteiger partial charge in [0.05, 0.1) is 0 Å². The largest absolute Gasteiger partial charge is 0.479 e. The van der Waals surface area contributed by atoms with E-state index < -0.39 is 24.1 Å². The predicted molar refractivity (Wildman–Crippen MR) is 60.8 cm³/mol. The summed E-state index contributed by atoms with van der Waals surface area (Å²) in [7, 11) is 0. The van der Waals surface area contributed by atoms with Crippen molar-refractivity contribution in [3.05, 3.63) is 34.3 Å². The summed E-state index contributed by atoms with van der Waals surface area (Å²) in [6.45, 7) is 1.48. The van der Waals surface area contributed by atoms with Crippen LogP contribution in [-0.4, -0.2) is 23.2 Å². The maximum Gasteiger partial charge on any atom is 0.471 e. The first-order valence-electron chi connectivity index (χ1n) is 4.99. The summed E-state index contributed by atoms with van der Waals surface area (Å²) < 4.78 is 36.4. The highest BCUT2D eigenvalue weighted by atomic mass is 35.5. The Morgan fingerprint density at radius 3 is 2.37 bits per heavy atom. The van der Waals surface area contributed by atoms with Crippen LogP contribution in [0.3, 0.4) is 0 Å². The molecule has 0 aliphatic carbocycles. The van der Waals surface area contributed by atoms with Crippen molar-refractivity contribution in [1.82, 2.24) is 5.32 Å². The molecule has 0 radical (unpaired) electrons. The molecule has 2 N–H and O–H groups in total. The Morgan fingerprint density at radius 2 is 1.95 bits per heavy atom. The minimum Gasteiger partial charge on any atom is -0.479 e. The summed E-state index contributed by atoms with van der Waals surface area (Å²) in [5.74, 6) is -3.91. The monoisotopic (exact) mass is 295 g/mol. The molecular weight excluding hydrogens is 287 g/mol. The second kappa shape index (κ2) is 5.48. The highest BCUT2D eigenvalue weighted by Gasteiger charge is 2.41. The molecule has 0 saturated carbocycles.